The zero-order valence-corrected chi connectivity index (χ0v) is 18.8. The number of halogens is 2. The molecule has 4 amide bonds. The molecule has 1 aromatic carbocycles. The molecule has 2 fully saturated rings. The van der Waals surface area contributed by atoms with Crippen molar-refractivity contribution in [3.8, 4) is 0 Å². The van der Waals surface area contributed by atoms with Gasteiger partial charge in [-0.25, -0.2) is 18.4 Å². The minimum Gasteiger partial charge on any atom is -0.318 e. The SMILES string of the molecule is C[N+]1(C(N)=O)C(=O)N(CCCN2CCC(c3ccccn3)CC2)CC1c1ccc(F)c(F)c1. The predicted molar refractivity (Wildman–Crippen MR) is 119 cm³/mol. The summed E-state index contributed by atoms with van der Waals surface area (Å²) in [5, 5.41) is 0. The number of urea groups is 2. The first kappa shape index (κ1) is 23.3. The second-order valence-corrected chi connectivity index (χ2v) is 9.06. The van der Waals surface area contributed by atoms with Gasteiger partial charge in [-0.05, 0) is 69.2 Å². The molecule has 3 heterocycles. The van der Waals surface area contributed by atoms with E-state index < -0.39 is 34.2 Å². The summed E-state index contributed by atoms with van der Waals surface area (Å²) in [5.41, 5.74) is 7.11. The number of pyridine rings is 1. The molecule has 1 aromatic heterocycles. The summed E-state index contributed by atoms with van der Waals surface area (Å²) in [4.78, 5) is 33.8. The largest absolute Gasteiger partial charge is 0.428 e. The first-order valence-electron chi connectivity index (χ1n) is 11.3. The van der Waals surface area contributed by atoms with Gasteiger partial charge in [-0.2, -0.15) is 4.48 Å². The van der Waals surface area contributed by atoms with Crippen LogP contribution in [-0.4, -0.2) is 71.1 Å². The molecule has 0 bridgehead atoms. The lowest BCUT2D eigenvalue weighted by Gasteiger charge is -2.32. The lowest BCUT2D eigenvalue weighted by molar-refractivity contribution is -0.769. The fourth-order valence-corrected chi connectivity index (χ4v) is 4.99. The highest BCUT2D eigenvalue weighted by molar-refractivity contribution is 5.83. The van der Waals surface area contributed by atoms with Gasteiger partial charge in [-0.1, -0.05) is 6.07 Å². The molecule has 2 unspecified atom stereocenters. The van der Waals surface area contributed by atoms with Gasteiger partial charge in [0.15, 0.2) is 11.6 Å². The average molecular weight is 459 g/mol. The molecule has 2 aromatic rings. The normalized spacial score (nSPS) is 24.4. The molecule has 2 saturated heterocycles. The number of imide groups is 1. The molecule has 4 rings (SSSR count). The number of amides is 4. The minimum absolute atomic E-state index is 0.227. The maximum absolute atomic E-state index is 13.8. The quantitative estimate of drug-likeness (QED) is 0.671. The number of likely N-dealkylation sites (N-methyl/N-ethyl adjacent to an activating group) is 1. The third-order valence-electron chi connectivity index (χ3n) is 7.07. The number of carbonyl (C=O) groups is 2. The lowest BCUT2D eigenvalue weighted by atomic mass is 9.93. The Morgan fingerprint density at radius 3 is 2.55 bits per heavy atom. The molecule has 0 aliphatic carbocycles. The topological polar surface area (TPSA) is 79.5 Å². The van der Waals surface area contributed by atoms with Gasteiger partial charge in [-0.15, -0.1) is 0 Å². The van der Waals surface area contributed by atoms with Crippen LogP contribution in [0.3, 0.4) is 0 Å². The van der Waals surface area contributed by atoms with E-state index in [4.69, 9.17) is 5.73 Å². The number of primary amides is 1. The van der Waals surface area contributed by atoms with Gasteiger partial charge in [0.25, 0.3) is 0 Å². The van der Waals surface area contributed by atoms with E-state index >= 15 is 0 Å². The second-order valence-electron chi connectivity index (χ2n) is 9.06. The van der Waals surface area contributed by atoms with E-state index in [1.165, 1.54) is 13.1 Å². The van der Waals surface area contributed by atoms with Gasteiger partial charge in [0.1, 0.15) is 6.04 Å². The van der Waals surface area contributed by atoms with Crippen LogP contribution >= 0.6 is 0 Å². The first-order chi connectivity index (χ1) is 15.8. The molecule has 0 saturated carbocycles. The molecule has 33 heavy (non-hydrogen) atoms. The zero-order valence-electron chi connectivity index (χ0n) is 18.8. The van der Waals surface area contributed by atoms with Gasteiger partial charge in [0.05, 0.1) is 13.6 Å². The van der Waals surface area contributed by atoms with Crippen molar-refractivity contribution in [2.45, 2.75) is 31.2 Å². The Balaban J connectivity index is 1.34. The summed E-state index contributed by atoms with van der Waals surface area (Å²) >= 11 is 0. The van der Waals surface area contributed by atoms with Crippen LogP contribution in [0, 0.1) is 11.6 Å². The number of likely N-dealkylation sites (tertiary alicyclic amines) is 1. The third kappa shape index (κ3) is 4.60. The Labute approximate surface area is 192 Å². The van der Waals surface area contributed by atoms with E-state index in [1.54, 1.807) is 4.90 Å². The number of benzene rings is 1. The molecule has 2 atom stereocenters. The smallest absolute Gasteiger partial charge is 0.318 e. The zero-order chi connectivity index (χ0) is 23.6. The van der Waals surface area contributed by atoms with Gasteiger partial charge >= 0.3 is 12.1 Å². The van der Waals surface area contributed by atoms with Crippen molar-refractivity contribution in [1.82, 2.24) is 14.8 Å². The van der Waals surface area contributed by atoms with Crippen LogP contribution in [0.5, 0.6) is 0 Å². The lowest BCUT2D eigenvalue weighted by Crippen LogP contribution is -2.56. The van der Waals surface area contributed by atoms with Crippen molar-refractivity contribution in [2.75, 3.05) is 39.8 Å². The molecule has 176 valence electrons. The van der Waals surface area contributed by atoms with Gasteiger partial charge in [0, 0.05) is 29.9 Å². The highest BCUT2D eigenvalue weighted by Gasteiger charge is 2.56. The van der Waals surface area contributed by atoms with Crippen LogP contribution in [0.15, 0.2) is 42.6 Å². The number of aromatic nitrogens is 1. The number of nitrogens with two attached hydrogens (primary N) is 1. The average Bonchev–Trinajstić information content (AvgIpc) is 3.08. The summed E-state index contributed by atoms with van der Waals surface area (Å²) in [6, 6.07) is 7.59. The Morgan fingerprint density at radius 1 is 1.15 bits per heavy atom. The van der Waals surface area contributed by atoms with E-state index in [0.29, 0.717) is 18.0 Å². The molecule has 0 spiro atoms. The molecular weight excluding hydrogens is 428 g/mol. The van der Waals surface area contributed by atoms with Crippen LogP contribution in [0.2, 0.25) is 0 Å². The van der Waals surface area contributed by atoms with Crippen LogP contribution in [0.1, 0.15) is 42.5 Å². The van der Waals surface area contributed by atoms with Crippen molar-refractivity contribution in [3.63, 3.8) is 0 Å². The van der Waals surface area contributed by atoms with Crippen molar-refractivity contribution in [2.24, 2.45) is 5.73 Å². The highest BCUT2D eigenvalue weighted by Crippen LogP contribution is 2.36. The molecule has 7 nitrogen and oxygen atoms in total. The van der Waals surface area contributed by atoms with Gasteiger partial charge in [0.2, 0.25) is 0 Å². The number of nitrogens with zero attached hydrogens (tertiary/aromatic N) is 4. The molecule has 2 N–H and O–H groups in total. The van der Waals surface area contributed by atoms with E-state index in [9.17, 15) is 18.4 Å². The number of hydrogen-bond donors (Lipinski definition) is 1. The van der Waals surface area contributed by atoms with Gasteiger partial charge in [-0.3, -0.25) is 9.88 Å². The van der Waals surface area contributed by atoms with Crippen LogP contribution < -0.4 is 5.73 Å². The van der Waals surface area contributed by atoms with Crippen molar-refractivity contribution < 1.29 is 22.9 Å². The monoisotopic (exact) mass is 458 g/mol. The number of rotatable bonds is 6. The summed E-state index contributed by atoms with van der Waals surface area (Å²) < 4.78 is 26.5. The minimum atomic E-state index is -1.01. The maximum atomic E-state index is 13.8. The van der Waals surface area contributed by atoms with Crippen molar-refractivity contribution >= 4 is 12.1 Å². The number of quaternary nitrogens is 1. The number of carbonyl (C=O) groups excluding carboxylic acids is 2. The Bertz CT molecular complexity index is 1010. The molecule has 9 heteroatoms. The Kier molecular flexibility index (Phi) is 6.71. The van der Waals surface area contributed by atoms with Crippen molar-refractivity contribution in [3.05, 3.63) is 65.5 Å². The molecule has 2 aliphatic rings. The highest BCUT2D eigenvalue weighted by atomic mass is 19.2. The van der Waals surface area contributed by atoms with E-state index in [2.05, 4.69) is 16.0 Å². The maximum Gasteiger partial charge on any atom is 0.428 e. The Morgan fingerprint density at radius 2 is 1.91 bits per heavy atom. The fourth-order valence-electron chi connectivity index (χ4n) is 4.99. The van der Waals surface area contributed by atoms with Crippen LogP contribution in [-0.2, 0) is 0 Å². The predicted octanol–water partition coefficient (Wildman–Crippen LogP) is 3.63. The summed E-state index contributed by atoms with van der Waals surface area (Å²) in [7, 11) is 1.44. The van der Waals surface area contributed by atoms with Gasteiger partial charge < -0.3 is 10.6 Å². The first-order valence-corrected chi connectivity index (χ1v) is 11.3. The van der Waals surface area contributed by atoms with E-state index in [-0.39, 0.29) is 6.54 Å². The van der Waals surface area contributed by atoms with Crippen LogP contribution in [0.25, 0.3) is 0 Å². The van der Waals surface area contributed by atoms with Crippen LogP contribution in [0.4, 0.5) is 18.4 Å². The van der Waals surface area contributed by atoms with E-state index in [0.717, 1.165) is 56.7 Å². The Hall–Kier alpha value is -2.91. The third-order valence-corrected chi connectivity index (χ3v) is 7.07. The number of hydrogen-bond acceptors (Lipinski definition) is 4. The number of piperidine rings is 1. The standard InChI is InChI=1S/C24H29F2N5O2/c1-31(23(27)32)22(18-6-7-19(25)20(26)15-18)16-30(24(31)33)12-4-11-29-13-8-17(9-14-29)21-5-2-3-10-28-21/h2-3,5-7,10,15,17,22H,4,8-9,11-14,16H2,1H3,(H-,27,32)/p+1. The van der Waals surface area contributed by atoms with E-state index in [1.807, 2.05) is 18.3 Å². The summed E-state index contributed by atoms with van der Waals surface area (Å²) in [5.74, 6) is -1.50. The molecule has 0 radical (unpaired) electrons. The summed E-state index contributed by atoms with van der Waals surface area (Å²) in [6.45, 7) is 3.49. The molecular formula is C24H30F2N5O2+. The summed E-state index contributed by atoms with van der Waals surface area (Å²) in [6.07, 6.45) is 4.69. The second kappa shape index (κ2) is 9.52. The van der Waals surface area contributed by atoms with Crippen molar-refractivity contribution in [1.29, 1.82) is 0 Å². The molecule has 2 aliphatic heterocycles. The fraction of sp³-hybridized carbons (Fsp3) is 0.458.